The van der Waals surface area contributed by atoms with E-state index in [4.69, 9.17) is 14.2 Å². The largest absolute Gasteiger partial charge is 0.497 e. The molecule has 8 nitrogen and oxygen atoms in total. The van der Waals surface area contributed by atoms with Crippen LogP contribution >= 0.6 is 0 Å². The van der Waals surface area contributed by atoms with Crippen LogP contribution in [-0.4, -0.2) is 69.9 Å². The van der Waals surface area contributed by atoms with Gasteiger partial charge in [0.1, 0.15) is 17.6 Å². The van der Waals surface area contributed by atoms with Gasteiger partial charge < -0.3 is 24.2 Å². The van der Waals surface area contributed by atoms with Crippen LogP contribution in [0.4, 0.5) is 11.4 Å². The Morgan fingerprint density at radius 3 is 2.45 bits per heavy atom. The fraction of sp³-hybridized carbons (Fsp3) is 0.429. The summed E-state index contributed by atoms with van der Waals surface area (Å²) in [4.78, 5) is 29.6. The maximum atomic E-state index is 13.9. The minimum atomic E-state index is -2.36. The average molecular weight is 617 g/mol. The van der Waals surface area contributed by atoms with Gasteiger partial charge in [0.05, 0.1) is 33.9 Å². The molecule has 0 spiro atoms. The molecule has 0 radical (unpaired) electrons. The third-order valence-corrected chi connectivity index (χ3v) is 13.9. The lowest BCUT2D eigenvalue weighted by atomic mass is 9.86. The van der Waals surface area contributed by atoms with Crippen LogP contribution in [0.2, 0.25) is 18.6 Å². The van der Waals surface area contributed by atoms with Gasteiger partial charge in [-0.1, -0.05) is 55.5 Å². The Labute approximate surface area is 261 Å². The summed E-state index contributed by atoms with van der Waals surface area (Å²) in [6.45, 7) is 7.39. The number of methoxy groups -OCH3 is 2. The first-order valence-electron chi connectivity index (χ1n) is 15.4. The zero-order chi connectivity index (χ0) is 31.4. The molecule has 2 aliphatic rings. The fourth-order valence-electron chi connectivity index (χ4n) is 7.05. The van der Waals surface area contributed by atoms with Gasteiger partial charge in [-0.3, -0.25) is 14.5 Å². The van der Waals surface area contributed by atoms with Gasteiger partial charge in [-0.25, -0.2) is 0 Å². The maximum absolute atomic E-state index is 13.9. The number of amides is 2. The number of aliphatic hydroxyl groups is 1. The lowest BCUT2D eigenvalue weighted by Gasteiger charge is -2.46. The van der Waals surface area contributed by atoms with Gasteiger partial charge in [0.2, 0.25) is 12.3 Å². The van der Waals surface area contributed by atoms with Gasteiger partial charge in [-0.05, 0) is 55.3 Å². The van der Waals surface area contributed by atoms with Crippen molar-refractivity contribution in [1.82, 2.24) is 4.90 Å². The van der Waals surface area contributed by atoms with Gasteiger partial charge in [0, 0.05) is 48.5 Å². The van der Waals surface area contributed by atoms with Crippen molar-refractivity contribution >= 4 is 37.0 Å². The SMILES string of the molecule is COc1ccc([Si](C)(C)C(CC(=O)N2CCC[C@H]2CO)[C@H]2Oc3ccc(N(C=O)c4ccccc4)cc3[C@@H](OC)[C@@H]2C)cc1. The molecule has 44 heavy (non-hydrogen) atoms. The minimum Gasteiger partial charge on any atom is -0.497 e. The van der Waals surface area contributed by atoms with Crippen molar-refractivity contribution in [3.8, 4) is 11.5 Å². The van der Waals surface area contributed by atoms with Crippen LogP contribution in [0.5, 0.6) is 11.5 Å². The molecule has 0 aliphatic carbocycles. The smallest absolute Gasteiger partial charge is 0.223 e. The number of rotatable bonds is 11. The Morgan fingerprint density at radius 2 is 1.82 bits per heavy atom. The molecule has 1 saturated heterocycles. The Morgan fingerprint density at radius 1 is 1.09 bits per heavy atom. The fourth-order valence-corrected chi connectivity index (χ4v) is 10.4. The number of para-hydroxylation sites is 1. The lowest BCUT2D eigenvalue weighted by molar-refractivity contribution is -0.133. The van der Waals surface area contributed by atoms with Crippen molar-refractivity contribution < 1.29 is 28.9 Å². The third kappa shape index (κ3) is 6.13. The standard InChI is InChI=1S/C35H44N2O6Si/c1-24-34(42-3)30-20-26(37(23-39)25-10-7-6-8-11-25)13-18-31(30)43-35(24)32(21-33(40)36-19-9-12-27(36)22-38)44(4,5)29-16-14-28(41-2)15-17-29/h6-8,10-11,13-18,20,23-24,27,32,34-35,38H,9,12,19,21-22H2,1-5H3/t24-,27-,32?,34-,35-/m0/s1. The van der Waals surface area contributed by atoms with Crippen LogP contribution in [0.15, 0.2) is 72.8 Å². The normalized spacial score (nSPS) is 22.1. The number of aliphatic hydroxyl groups excluding tert-OH is 1. The maximum Gasteiger partial charge on any atom is 0.223 e. The highest BCUT2D eigenvalue weighted by Crippen LogP contribution is 2.48. The second-order valence-corrected chi connectivity index (χ2v) is 17.2. The Balaban J connectivity index is 1.52. The summed E-state index contributed by atoms with van der Waals surface area (Å²) < 4.78 is 18.5. The number of carbonyl (C=O) groups excluding carboxylic acids is 2. The van der Waals surface area contributed by atoms with E-state index in [9.17, 15) is 14.7 Å². The summed E-state index contributed by atoms with van der Waals surface area (Å²) in [5.41, 5.74) is 2.29. The molecule has 1 fully saturated rings. The van der Waals surface area contributed by atoms with Crippen LogP contribution in [0.1, 0.15) is 37.9 Å². The highest BCUT2D eigenvalue weighted by atomic mass is 28.3. The Bertz CT molecular complexity index is 1430. The summed E-state index contributed by atoms with van der Waals surface area (Å²) >= 11 is 0. The topological polar surface area (TPSA) is 88.5 Å². The van der Waals surface area contributed by atoms with Gasteiger partial charge in [-0.15, -0.1) is 0 Å². The molecular formula is C35H44N2O6Si. The number of carbonyl (C=O) groups is 2. The van der Waals surface area contributed by atoms with Crippen LogP contribution in [0, 0.1) is 5.92 Å². The molecule has 9 heteroatoms. The van der Waals surface area contributed by atoms with Crippen LogP contribution < -0.4 is 19.6 Å². The van der Waals surface area contributed by atoms with Gasteiger partial charge in [-0.2, -0.15) is 0 Å². The molecule has 2 amide bonds. The number of benzene rings is 3. The highest BCUT2D eigenvalue weighted by molar-refractivity contribution is 6.91. The molecule has 5 atom stereocenters. The zero-order valence-corrected chi connectivity index (χ0v) is 27.3. The lowest BCUT2D eigenvalue weighted by Crippen LogP contribution is -2.55. The molecular weight excluding hydrogens is 572 g/mol. The van der Waals surface area contributed by atoms with E-state index in [-0.39, 0.29) is 42.2 Å². The molecule has 3 aromatic carbocycles. The average Bonchev–Trinajstić information content (AvgIpc) is 3.54. The molecule has 0 saturated carbocycles. The van der Waals surface area contributed by atoms with Crippen molar-refractivity contribution in [3.05, 3.63) is 78.4 Å². The second-order valence-electron chi connectivity index (χ2n) is 12.5. The van der Waals surface area contributed by atoms with E-state index in [1.54, 1.807) is 19.1 Å². The summed E-state index contributed by atoms with van der Waals surface area (Å²) in [5, 5.41) is 11.2. The van der Waals surface area contributed by atoms with E-state index in [0.717, 1.165) is 41.9 Å². The predicted molar refractivity (Wildman–Crippen MR) is 175 cm³/mol. The van der Waals surface area contributed by atoms with Crippen molar-refractivity contribution in [2.24, 2.45) is 5.92 Å². The van der Waals surface area contributed by atoms with E-state index < -0.39 is 8.07 Å². The number of anilines is 2. The quantitative estimate of drug-likeness (QED) is 0.228. The summed E-state index contributed by atoms with van der Waals surface area (Å²) in [5.74, 6) is 1.48. The molecule has 2 aliphatic heterocycles. The van der Waals surface area contributed by atoms with Crippen LogP contribution in [-0.2, 0) is 14.3 Å². The van der Waals surface area contributed by atoms with Crippen molar-refractivity contribution in [2.45, 2.75) is 63.1 Å². The molecule has 234 valence electrons. The van der Waals surface area contributed by atoms with Crippen LogP contribution in [0.25, 0.3) is 0 Å². The van der Waals surface area contributed by atoms with Crippen molar-refractivity contribution in [1.29, 1.82) is 0 Å². The first-order chi connectivity index (χ1) is 21.2. The van der Waals surface area contributed by atoms with Crippen molar-refractivity contribution in [2.75, 3.05) is 32.3 Å². The first kappa shape index (κ1) is 31.8. The van der Waals surface area contributed by atoms with E-state index >= 15 is 0 Å². The number of fused-ring (bicyclic) bond motifs is 1. The first-order valence-corrected chi connectivity index (χ1v) is 18.5. The Hall–Kier alpha value is -3.66. The molecule has 3 aromatic rings. The summed E-state index contributed by atoms with van der Waals surface area (Å²) in [6.07, 6.45) is 2.27. The van der Waals surface area contributed by atoms with E-state index in [1.807, 2.05) is 65.6 Å². The van der Waals surface area contributed by atoms with Gasteiger partial charge in [0.25, 0.3) is 0 Å². The minimum absolute atomic E-state index is 0.0196. The van der Waals surface area contributed by atoms with Crippen molar-refractivity contribution in [3.63, 3.8) is 0 Å². The number of nitrogens with zero attached hydrogens (tertiary/aromatic N) is 2. The summed E-state index contributed by atoms with van der Waals surface area (Å²) in [6, 6.07) is 23.4. The summed E-state index contributed by atoms with van der Waals surface area (Å²) in [7, 11) is 1.00. The number of hydrogen-bond acceptors (Lipinski definition) is 6. The second kappa shape index (κ2) is 13.5. The van der Waals surface area contributed by atoms with E-state index in [0.29, 0.717) is 18.7 Å². The molecule has 0 bridgehead atoms. The molecule has 0 aromatic heterocycles. The molecule has 2 heterocycles. The third-order valence-electron chi connectivity index (χ3n) is 9.69. The Kier molecular flexibility index (Phi) is 9.77. The highest BCUT2D eigenvalue weighted by Gasteiger charge is 2.49. The van der Waals surface area contributed by atoms with E-state index in [2.05, 4.69) is 32.2 Å². The number of ether oxygens (including phenoxy) is 3. The van der Waals surface area contributed by atoms with Gasteiger partial charge >= 0.3 is 0 Å². The number of likely N-dealkylation sites (tertiary alicyclic amines) is 1. The monoisotopic (exact) mass is 616 g/mol. The molecule has 1 N–H and O–H groups in total. The zero-order valence-electron chi connectivity index (χ0n) is 26.3. The number of hydrogen-bond donors (Lipinski definition) is 1. The molecule has 5 rings (SSSR count). The van der Waals surface area contributed by atoms with Gasteiger partial charge in [0.15, 0.2) is 0 Å². The van der Waals surface area contributed by atoms with E-state index in [1.165, 1.54) is 5.19 Å². The van der Waals surface area contributed by atoms with Crippen LogP contribution in [0.3, 0.4) is 0 Å². The molecule has 1 unspecified atom stereocenters. The predicted octanol–water partition coefficient (Wildman–Crippen LogP) is 5.43.